The zero-order valence-electron chi connectivity index (χ0n) is 11.0. The first-order chi connectivity index (χ1) is 8.31. The lowest BCUT2D eigenvalue weighted by Gasteiger charge is -2.33. The third kappa shape index (κ3) is 3.80. The minimum absolute atomic E-state index is 0.618. The zero-order chi connectivity index (χ0) is 12.1. The van der Waals surface area contributed by atoms with Gasteiger partial charge >= 0.3 is 0 Å². The van der Waals surface area contributed by atoms with Gasteiger partial charge in [-0.05, 0) is 44.8 Å². The summed E-state index contributed by atoms with van der Waals surface area (Å²) in [5, 5.41) is 7.95. The molecule has 3 nitrogen and oxygen atoms in total. The molecule has 0 aromatic heterocycles. The highest BCUT2D eigenvalue weighted by molar-refractivity contribution is 7.99. The van der Waals surface area contributed by atoms with Gasteiger partial charge in [0, 0.05) is 24.4 Å². The molecule has 0 aliphatic heterocycles. The molecule has 2 saturated carbocycles. The van der Waals surface area contributed by atoms with Gasteiger partial charge in [0.25, 0.3) is 0 Å². The molecule has 0 heterocycles. The van der Waals surface area contributed by atoms with Crippen LogP contribution >= 0.6 is 11.8 Å². The Bertz CT molecular complexity index is 263. The van der Waals surface area contributed by atoms with Gasteiger partial charge in [0.15, 0.2) is 5.96 Å². The van der Waals surface area contributed by atoms with Crippen LogP contribution in [0.2, 0.25) is 0 Å². The lowest BCUT2D eigenvalue weighted by atomic mass is 9.93. The normalized spacial score (nSPS) is 30.8. The molecule has 2 fully saturated rings. The highest BCUT2D eigenvalue weighted by Gasteiger charge is 2.23. The molecule has 0 bridgehead atoms. The molecule has 2 rings (SSSR count). The lowest BCUT2D eigenvalue weighted by Crippen LogP contribution is -2.50. The Morgan fingerprint density at radius 1 is 1.06 bits per heavy atom. The van der Waals surface area contributed by atoms with Gasteiger partial charge in [0.2, 0.25) is 0 Å². The fourth-order valence-corrected chi connectivity index (χ4v) is 3.43. The predicted molar refractivity (Wildman–Crippen MR) is 76.8 cm³/mol. The highest BCUT2D eigenvalue weighted by atomic mass is 32.2. The van der Waals surface area contributed by atoms with Gasteiger partial charge in [-0.1, -0.05) is 6.42 Å². The standard InChI is InChI=1S/C13H25N3S/c1-14-13(15-10-5-3-6-10)16-11-7-4-8-12(9-11)17-2/h10-12H,3-9H2,1-2H3,(H2,14,15,16). The first-order valence-corrected chi connectivity index (χ1v) is 8.13. The molecule has 2 N–H and O–H groups in total. The Balaban J connectivity index is 1.77. The first-order valence-electron chi connectivity index (χ1n) is 6.84. The van der Waals surface area contributed by atoms with E-state index in [2.05, 4.69) is 21.9 Å². The number of thioether (sulfide) groups is 1. The van der Waals surface area contributed by atoms with E-state index in [1.165, 1.54) is 44.9 Å². The summed E-state index contributed by atoms with van der Waals surface area (Å²) in [4.78, 5) is 4.34. The van der Waals surface area contributed by atoms with E-state index in [1.807, 2.05) is 18.8 Å². The molecule has 0 radical (unpaired) electrons. The van der Waals surface area contributed by atoms with Crippen molar-refractivity contribution < 1.29 is 0 Å². The van der Waals surface area contributed by atoms with Crippen molar-refractivity contribution in [3.05, 3.63) is 0 Å². The second kappa shape index (κ2) is 6.53. The van der Waals surface area contributed by atoms with Gasteiger partial charge in [-0.25, -0.2) is 0 Å². The quantitative estimate of drug-likeness (QED) is 0.600. The Hall–Kier alpha value is -0.380. The van der Waals surface area contributed by atoms with Crippen LogP contribution in [0.4, 0.5) is 0 Å². The second-order valence-corrected chi connectivity index (χ2v) is 6.35. The summed E-state index contributed by atoms with van der Waals surface area (Å²) in [6, 6.07) is 1.29. The van der Waals surface area contributed by atoms with E-state index in [0.717, 1.165) is 11.2 Å². The molecule has 98 valence electrons. The smallest absolute Gasteiger partial charge is 0.191 e. The van der Waals surface area contributed by atoms with Crippen LogP contribution in [0.1, 0.15) is 44.9 Å². The van der Waals surface area contributed by atoms with Crippen molar-refractivity contribution in [3.63, 3.8) is 0 Å². The van der Waals surface area contributed by atoms with E-state index < -0.39 is 0 Å². The van der Waals surface area contributed by atoms with Gasteiger partial charge in [0.05, 0.1) is 0 Å². The summed E-state index contributed by atoms with van der Waals surface area (Å²) in [5.41, 5.74) is 0. The largest absolute Gasteiger partial charge is 0.354 e. The van der Waals surface area contributed by atoms with Crippen LogP contribution in [0, 0.1) is 0 Å². The van der Waals surface area contributed by atoms with E-state index in [9.17, 15) is 0 Å². The molecule has 0 spiro atoms. The average molecular weight is 255 g/mol. The maximum Gasteiger partial charge on any atom is 0.191 e. The summed E-state index contributed by atoms with van der Waals surface area (Å²) in [5.74, 6) is 1.02. The molecular formula is C13H25N3S. The fourth-order valence-electron chi connectivity index (χ4n) is 2.60. The number of rotatable bonds is 3. The molecule has 0 saturated heterocycles. The van der Waals surface area contributed by atoms with Crippen LogP contribution in [0.3, 0.4) is 0 Å². The average Bonchev–Trinajstić information content (AvgIpc) is 2.32. The number of guanidine groups is 1. The molecule has 0 aromatic rings. The molecule has 4 heteroatoms. The minimum Gasteiger partial charge on any atom is -0.354 e. The molecule has 2 aliphatic carbocycles. The Morgan fingerprint density at radius 3 is 2.29 bits per heavy atom. The topological polar surface area (TPSA) is 36.4 Å². The molecule has 2 aliphatic rings. The van der Waals surface area contributed by atoms with Crippen molar-refractivity contribution in [2.75, 3.05) is 13.3 Å². The van der Waals surface area contributed by atoms with Crippen LogP contribution in [0.15, 0.2) is 4.99 Å². The molecule has 0 amide bonds. The van der Waals surface area contributed by atoms with E-state index in [-0.39, 0.29) is 0 Å². The highest BCUT2D eigenvalue weighted by Crippen LogP contribution is 2.27. The minimum atomic E-state index is 0.618. The fraction of sp³-hybridized carbons (Fsp3) is 0.923. The number of aliphatic imine (C=N–C) groups is 1. The summed E-state index contributed by atoms with van der Waals surface area (Å²) in [6.45, 7) is 0. The lowest BCUT2D eigenvalue weighted by molar-refractivity contribution is 0.370. The van der Waals surface area contributed by atoms with E-state index in [4.69, 9.17) is 0 Å². The molecule has 17 heavy (non-hydrogen) atoms. The third-order valence-electron chi connectivity index (χ3n) is 3.97. The van der Waals surface area contributed by atoms with Crippen LogP contribution in [-0.4, -0.2) is 36.6 Å². The SMILES string of the molecule is CN=C(NC1CCC1)NC1CCCC(SC)C1. The van der Waals surface area contributed by atoms with Crippen LogP contribution < -0.4 is 10.6 Å². The molecular weight excluding hydrogens is 230 g/mol. The van der Waals surface area contributed by atoms with Gasteiger partial charge in [-0.2, -0.15) is 11.8 Å². The molecule has 2 unspecified atom stereocenters. The van der Waals surface area contributed by atoms with Gasteiger partial charge < -0.3 is 10.6 Å². The van der Waals surface area contributed by atoms with Crippen molar-refractivity contribution in [1.82, 2.24) is 10.6 Å². The van der Waals surface area contributed by atoms with Gasteiger partial charge in [-0.3, -0.25) is 4.99 Å². The number of nitrogens with one attached hydrogen (secondary N) is 2. The Labute approximate surface area is 109 Å². The maximum atomic E-state index is 4.34. The summed E-state index contributed by atoms with van der Waals surface area (Å²) < 4.78 is 0. The van der Waals surface area contributed by atoms with Crippen LogP contribution in [0.5, 0.6) is 0 Å². The van der Waals surface area contributed by atoms with Crippen LogP contribution in [-0.2, 0) is 0 Å². The number of hydrogen-bond acceptors (Lipinski definition) is 2. The monoisotopic (exact) mass is 255 g/mol. The van der Waals surface area contributed by atoms with Crippen molar-refractivity contribution >= 4 is 17.7 Å². The second-order valence-electron chi connectivity index (χ2n) is 5.21. The Morgan fingerprint density at radius 2 is 1.71 bits per heavy atom. The van der Waals surface area contributed by atoms with Crippen molar-refractivity contribution in [1.29, 1.82) is 0 Å². The van der Waals surface area contributed by atoms with Crippen LogP contribution in [0.25, 0.3) is 0 Å². The van der Waals surface area contributed by atoms with E-state index in [1.54, 1.807) is 0 Å². The number of hydrogen-bond donors (Lipinski definition) is 2. The van der Waals surface area contributed by atoms with E-state index in [0.29, 0.717) is 12.1 Å². The molecule has 2 atom stereocenters. The Kier molecular flexibility index (Phi) is 5.01. The summed E-state index contributed by atoms with van der Waals surface area (Å²) in [7, 11) is 1.88. The maximum absolute atomic E-state index is 4.34. The first kappa shape index (κ1) is 13.1. The zero-order valence-corrected chi connectivity index (χ0v) is 11.9. The van der Waals surface area contributed by atoms with Crippen molar-refractivity contribution in [2.24, 2.45) is 4.99 Å². The predicted octanol–water partition coefficient (Wildman–Crippen LogP) is 2.38. The van der Waals surface area contributed by atoms with E-state index >= 15 is 0 Å². The third-order valence-corrected chi connectivity index (χ3v) is 5.06. The van der Waals surface area contributed by atoms with Gasteiger partial charge in [0.1, 0.15) is 0 Å². The van der Waals surface area contributed by atoms with Gasteiger partial charge in [-0.15, -0.1) is 0 Å². The summed E-state index contributed by atoms with van der Waals surface area (Å²) in [6.07, 6.45) is 11.5. The summed E-state index contributed by atoms with van der Waals surface area (Å²) >= 11 is 2.01. The van der Waals surface area contributed by atoms with Crippen molar-refractivity contribution in [2.45, 2.75) is 62.3 Å². The van der Waals surface area contributed by atoms with Crippen molar-refractivity contribution in [3.8, 4) is 0 Å². The number of nitrogens with zero attached hydrogens (tertiary/aromatic N) is 1. The molecule has 0 aromatic carbocycles.